The molecule has 0 aliphatic carbocycles. The number of hydrogen-bond acceptors (Lipinski definition) is 6. The Kier molecular flexibility index (Phi) is 16.9. The molecule has 1 N–H and O–H groups in total. The van der Waals surface area contributed by atoms with E-state index >= 15 is 0 Å². The van der Waals surface area contributed by atoms with Gasteiger partial charge >= 0.3 is 0 Å². The average Bonchev–Trinajstić information content (AvgIpc) is 2.96. The predicted molar refractivity (Wildman–Crippen MR) is 192 cm³/mol. The minimum Gasteiger partial charge on any atom is -0.492 e. The molecule has 5 nitrogen and oxygen atoms in total. The van der Waals surface area contributed by atoms with Gasteiger partial charge in [0.25, 0.3) is 0 Å². The second kappa shape index (κ2) is 19.2. The molecule has 238 valence electrons. The summed E-state index contributed by atoms with van der Waals surface area (Å²) in [7, 11) is 0. The van der Waals surface area contributed by atoms with E-state index in [2.05, 4.69) is 94.5 Å². The molecule has 1 fully saturated rings. The summed E-state index contributed by atoms with van der Waals surface area (Å²) >= 11 is 8.22. The van der Waals surface area contributed by atoms with E-state index in [4.69, 9.17) is 16.3 Å². The van der Waals surface area contributed by atoms with Crippen molar-refractivity contribution in [3.05, 3.63) is 77.3 Å². The number of nitrogens with zero attached hydrogens (tertiary/aromatic N) is 3. The molecule has 0 saturated carbocycles. The van der Waals surface area contributed by atoms with Crippen LogP contribution < -0.4 is 15.0 Å². The van der Waals surface area contributed by atoms with Crippen molar-refractivity contribution in [3.63, 3.8) is 0 Å². The van der Waals surface area contributed by atoms with Crippen LogP contribution in [0.1, 0.15) is 32.3 Å². The minimum absolute atomic E-state index is 0. The molecule has 1 saturated heterocycles. The third-order valence-corrected chi connectivity index (χ3v) is 9.07. The minimum atomic E-state index is 0. The standard InChI is InChI=1S/C33H43ClN4OS.3ClH/c1-26(2)35-16-5-7-27-10-13-29(14-11-27)39-24-23-37-21-19-36(20-22-37)17-6-18-38-30-8-3-4-9-32(30)40-33-15-12-28(34)25-31(33)38;;;/h3-4,8-15,25-26,35H,5-7,16-24H2,1-2H3;3*1H. The number of benzene rings is 3. The predicted octanol–water partition coefficient (Wildman–Crippen LogP) is 8.23. The van der Waals surface area contributed by atoms with Crippen LogP contribution in [0.25, 0.3) is 0 Å². The Morgan fingerprint density at radius 2 is 1.47 bits per heavy atom. The number of para-hydroxylation sites is 1. The van der Waals surface area contributed by atoms with Gasteiger partial charge in [-0.15, -0.1) is 37.2 Å². The van der Waals surface area contributed by atoms with Crippen molar-refractivity contribution in [1.82, 2.24) is 15.1 Å². The summed E-state index contributed by atoms with van der Waals surface area (Å²) < 4.78 is 6.06. The largest absolute Gasteiger partial charge is 0.492 e. The molecule has 2 aliphatic heterocycles. The van der Waals surface area contributed by atoms with Gasteiger partial charge in [0.1, 0.15) is 12.4 Å². The van der Waals surface area contributed by atoms with Gasteiger partial charge in [0.05, 0.1) is 11.4 Å². The summed E-state index contributed by atoms with van der Waals surface area (Å²) in [5.74, 6) is 0.975. The van der Waals surface area contributed by atoms with E-state index in [1.165, 1.54) is 33.2 Å². The molecule has 43 heavy (non-hydrogen) atoms. The summed E-state index contributed by atoms with van der Waals surface area (Å²) in [6, 6.07) is 24.2. The summed E-state index contributed by atoms with van der Waals surface area (Å²) in [5.41, 5.74) is 3.90. The number of halogens is 4. The Morgan fingerprint density at radius 1 is 0.791 bits per heavy atom. The monoisotopic (exact) mass is 686 g/mol. The summed E-state index contributed by atoms with van der Waals surface area (Å²) in [5, 5.41) is 4.28. The van der Waals surface area contributed by atoms with Crippen LogP contribution in [0.15, 0.2) is 76.5 Å². The Labute approximate surface area is 286 Å². The van der Waals surface area contributed by atoms with E-state index in [-0.39, 0.29) is 37.2 Å². The Hall–Kier alpha value is -1.35. The molecule has 0 aromatic heterocycles. The van der Waals surface area contributed by atoms with Crippen molar-refractivity contribution in [2.45, 2.75) is 48.9 Å². The number of ether oxygens (including phenoxy) is 1. The van der Waals surface area contributed by atoms with Crippen LogP contribution in [0.2, 0.25) is 5.02 Å². The van der Waals surface area contributed by atoms with E-state index in [1.807, 2.05) is 17.8 Å². The molecule has 2 heterocycles. The molecule has 3 aromatic rings. The Morgan fingerprint density at radius 3 is 2.19 bits per heavy atom. The van der Waals surface area contributed by atoms with Crippen molar-refractivity contribution in [3.8, 4) is 5.75 Å². The Bertz CT molecular complexity index is 1230. The number of anilines is 2. The molecule has 10 heteroatoms. The Balaban J connectivity index is 0.00000215. The quantitative estimate of drug-likeness (QED) is 0.182. The van der Waals surface area contributed by atoms with Crippen molar-refractivity contribution in [1.29, 1.82) is 0 Å². The maximum absolute atomic E-state index is 6.39. The maximum atomic E-state index is 6.39. The zero-order valence-corrected chi connectivity index (χ0v) is 29.2. The zero-order valence-electron chi connectivity index (χ0n) is 25.2. The molecule has 0 radical (unpaired) electrons. The lowest BCUT2D eigenvalue weighted by Crippen LogP contribution is -2.47. The molecule has 5 rings (SSSR count). The van der Waals surface area contributed by atoms with E-state index in [0.29, 0.717) is 6.04 Å². The third-order valence-electron chi connectivity index (χ3n) is 7.70. The molecule has 0 spiro atoms. The molecule has 0 unspecified atom stereocenters. The van der Waals surface area contributed by atoms with Gasteiger partial charge in [-0.05, 0) is 80.4 Å². The molecular formula is C33H46Cl4N4OS. The highest BCUT2D eigenvalue weighted by molar-refractivity contribution is 7.99. The van der Waals surface area contributed by atoms with Crippen LogP contribution in [0.3, 0.4) is 0 Å². The SMILES string of the molecule is CC(C)NCCCc1ccc(OCCN2CCN(CCCN3c4ccccc4Sc4ccc(Cl)cc43)CC2)cc1.Cl.Cl.Cl. The number of rotatable bonds is 13. The van der Waals surface area contributed by atoms with Crippen molar-refractivity contribution in [2.75, 3.05) is 63.9 Å². The third kappa shape index (κ3) is 11.2. The second-order valence-electron chi connectivity index (χ2n) is 11.1. The fourth-order valence-corrected chi connectivity index (χ4v) is 6.70. The van der Waals surface area contributed by atoms with Gasteiger partial charge in [-0.2, -0.15) is 0 Å². The van der Waals surface area contributed by atoms with Crippen LogP contribution in [0, 0.1) is 0 Å². The number of fused-ring (bicyclic) bond motifs is 2. The number of piperazine rings is 1. The summed E-state index contributed by atoms with van der Waals surface area (Å²) in [4.78, 5) is 10.2. The van der Waals surface area contributed by atoms with E-state index in [1.54, 1.807) is 0 Å². The van der Waals surface area contributed by atoms with Gasteiger partial charge in [-0.1, -0.05) is 61.5 Å². The molecule has 0 amide bonds. The van der Waals surface area contributed by atoms with Gasteiger partial charge in [-0.25, -0.2) is 0 Å². The highest BCUT2D eigenvalue weighted by Crippen LogP contribution is 2.48. The van der Waals surface area contributed by atoms with Crippen molar-refractivity contribution >= 4 is 72.0 Å². The first-order valence-electron chi connectivity index (χ1n) is 14.8. The lowest BCUT2D eigenvalue weighted by molar-refractivity contribution is 0.116. The smallest absolute Gasteiger partial charge is 0.119 e. The summed E-state index contributed by atoms with van der Waals surface area (Å²) in [6.07, 6.45) is 3.40. The normalized spacial score (nSPS) is 14.7. The van der Waals surface area contributed by atoms with Gasteiger partial charge < -0.3 is 19.9 Å². The van der Waals surface area contributed by atoms with Gasteiger partial charge in [0.2, 0.25) is 0 Å². The fraction of sp³-hybridized carbons (Fsp3) is 0.455. The van der Waals surface area contributed by atoms with Gasteiger partial charge in [-0.3, -0.25) is 4.90 Å². The number of nitrogens with one attached hydrogen (secondary N) is 1. The number of hydrogen-bond donors (Lipinski definition) is 1. The van der Waals surface area contributed by atoms with Crippen LogP contribution >= 0.6 is 60.6 Å². The van der Waals surface area contributed by atoms with Crippen molar-refractivity contribution in [2.24, 2.45) is 0 Å². The maximum Gasteiger partial charge on any atom is 0.119 e. The molecular weight excluding hydrogens is 642 g/mol. The highest BCUT2D eigenvalue weighted by Gasteiger charge is 2.24. The van der Waals surface area contributed by atoms with Crippen LogP contribution in [0.5, 0.6) is 5.75 Å². The van der Waals surface area contributed by atoms with E-state index < -0.39 is 0 Å². The first kappa shape index (κ1) is 37.8. The molecule has 0 bridgehead atoms. The second-order valence-corrected chi connectivity index (χ2v) is 12.6. The first-order chi connectivity index (χ1) is 19.5. The van der Waals surface area contributed by atoms with Gasteiger partial charge in [0, 0.05) is 60.1 Å². The molecule has 2 aliphatic rings. The van der Waals surface area contributed by atoms with Gasteiger partial charge in [0.15, 0.2) is 0 Å². The molecule has 0 atom stereocenters. The molecule has 3 aromatic carbocycles. The average molecular weight is 689 g/mol. The fourth-order valence-electron chi connectivity index (χ4n) is 5.46. The van der Waals surface area contributed by atoms with Crippen LogP contribution in [0.4, 0.5) is 11.4 Å². The first-order valence-corrected chi connectivity index (χ1v) is 16.0. The topological polar surface area (TPSA) is 31.0 Å². The lowest BCUT2D eigenvalue weighted by Gasteiger charge is -2.36. The van der Waals surface area contributed by atoms with Crippen LogP contribution in [-0.4, -0.2) is 74.8 Å². The highest BCUT2D eigenvalue weighted by atomic mass is 35.5. The number of aryl methyl sites for hydroxylation is 1. The van der Waals surface area contributed by atoms with E-state index in [9.17, 15) is 0 Å². The van der Waals surface area contributed by atoms with Crippen molar-refractivity contribution < 1.29 is 4.74 Å². The van der Waals surface area contributed by atoms with E-state index in [0.717, 1.165) is 82.6 Å². The van der Waals surface area contributed by atoms with Crippen LogP contribution in [-0.2, 0) is 6.42 Å². The summed E-state index contributed by atoms with van der Waals surface area (Å²) in [6.45, 7) is 13.7. The lowest BCUT2D eigenvalue weighted by atomic mass is 10.1. The zero-order chi connectivity index (χ0) is 27.7.